The molecule has 3 saturated heterocycles. The Kier molecular flexibility index (Phi) is 5.75. The van der Waals surface area contributed by atoms with Crippen molar-refractivity contribution < 1.29 is 23.8 Å². The molecule has 0 saturated carbocycles. The van der Waals surface area contributed by atoms with Crippen molar-refractivity contribution in [1.29, 1.82) is 0 Å². The van der Waals surface area contributed by atoms with Crippen molar-refractivity contribution >= 4 is 29.1 Å². The third-order valence-electron chi connectivity index (χ3n) is 5.70. The summed E-state index contributed by atoms with van der Waals surface area (Å²) in [6.45, 7) is 2.13. The summed E-state index contributed by atoms with van der Waals surface area (Å²) in [6, 6.07) is 5.08. The number of hydrogen-bond donors (Lipinski definition) is 0. The first-order chi connectivity index (χ1) is 13.6. The molecule has 2 atom stereocenters. The number of nitrogens with zero attached hydrogens (tertiary/aromatic N) is 2. The lowest BCUT2D eigenvalue weighted by Crippen LogP contribution is -2.52. The topological polar surface area (TPSA) is 68.3 Å². The normalized spacial score (nSPS) is 26.1. The summed E-state index contributed by atoms with van der Waals surface area (Å²) in [5.41, 5.74) is 0.605. The van der Waals surface area contributed by atoms with Gasteiger partial charge in [0.05, 0.1) is 38.0 Å². The van der Waals surface area contributed by atoms with E-state index in [4.69, 9.17) is 25.8 Å². The molecule has 0 bridgehead atoms. The van der Waals surface area contributed by atoms with Crippen LogP contribution in [0, 0.1) is 5.92 Å². The first kappa shape index (κ1) is 19.5. The fraction of sp³-hybridized carbons (Fsp3) is 0.600. The molecule has 0 N–H and O–H groups in total. The number of amides is 2. The van der Waals surface area contributed by atoms with E-state index in [1.54, 1.807) is 30.2 Å². The first-order valence-electron chi connectivity index (χ1n) is 9.76. The molecule has 3 fully saturated rings. The van der Waals surface area contributed by atoms with E-state index in [-0.39, 0.29) is 30.6 Å². The quantitative estimate of drug-likeness (QED) is 0.765. The molecule has 3 aliphatic heterocycles. The summed E-state index contributed by atoms with van der Waals surface area (Å²) >= 11 is 6.12. The van der Waals surface area contributed by atoms with E-state index in [1.807, 2.05) is 4.90 Å². The van der Waals surface area contributed by atoms with Gasteiger partial charge in [-0.2, -0.15) is 0 Å². The second-order valence-corrected chi connectivity index (χ2v) is 7.86. The van der Waals surface area contributed by atoms with Crippen LogP contribution in [-0.4, -0.2) is 62.5 Å². The van der Waals surface area contributed by atoms with Crippen LogP contribution < -0.4 is 9.64 Å². The van der Waals surface area contributed by atoms with Gasteiger partial charge < -0.3 is 24.0 Å². The van der Waals surface area contributed by atoms with E-state index in [0.717, 1.165) is 19.3 Å². The number of methoxy groups -OCH3 is 1. The molecule has 1 aromatic rings. The van der Waals surface area contributed by atoms with E-state index < -0.39 is 5.92 Å². The van der Waals surface area contributed by atoms with Gasteiger partial charge in [-0.15, -0.1) is 0 Å². The number of carbonyl (C=O) groups is 2. The molecule has 3 heterocycles. The van der Waals surface area contributed by atoms with Gasteiger partial charge in [0.2, 0.25) is 11.8 Å². The molecular weight excluding hydrogens is 384 g/mol. The highest BCUT2D eigenvalue weighted by atomic mass is 35.5. The molecule has 8 heteroatoms. The van der Waals surface area contributed by atoms with E-state index in [9.17, 15) is 9.59 Å². The molecule has 2 unspecified atom stereocenters. The zero-order valence-electron chi connectivity index (χ0n) is 15.9. The summed E-state index contributed by atoms with van der Waals surface area (Å²) in [4.78, 5) is 29.5. The fourth-order valence-electron chi connectivity index (χ4n) is 4.33. The zero-order chi connectivity index (χ0) is 19.7. The lowest BCUT2D eigenvalue weighted by molar-refractivity contribution is -0.154. The SMILES string of the molecule is COc1ccc(Cl)cc1N1CC(C(=O)N2CCCCC2C2OCCO2)CC1=O. The number of benzene rings is 1. The smallest absolute Gasteiger partial charge is 0.228 e. The molecule has 0 radical (unpaired) electrons. The highest BCUT2D eigenvalue weighted by Crippen LogP contribution is 2.36. The largest absolute Gasteiger partial charge is 0.495 e. The van der Waals surface area contributed by atoms with Crippen molar-refractivity contribution in [2.45, 2.75) is 38.0 Å². The standard InChI is InChI=1S/C20H25ClN2O5/c1-26-17-6-5-14(21)11-16(17)23-12-13(10-18(23)24)19(25)22-7-3-2-4-15(22)20-27-8-9-28-20/h5-6,11,13,15,20H,2-4,7-10,12H2,1H3. The van der Waals surface area contributed by atoms with Gasteiger partial charge >= 0.3 is 0 Å². The molecular formula is C20H25ClN2O5. The van der Waals surface area contributed by atoms with Crippen molar-refractivity contribution in [2.24, 2.45) is 5.92 Å². The van der Waals surface area contributed by atoms with Gasteiger partial charge in [-0.05, 0) is 37.5 Å². The predicted octanol–water partition coefficient (Wildman–Crippen LogP) is 2.46. The van der Waals surface area contributed by atoms with Gasteiger partial charge in [-0.1, -0.05) is 11.6 Å². The lowest BCUT2D eigenvalue weighted by Gasteiger charge is -2.39. The second kappa shape index (κ2) is 8.27. The van der Waals surface area contributed by atoms with Crippen molar-refractivity contribution in [3.05, 3.63) is 23.2 Å². The average molecular weight is 409 g/mol. The van der Waals surface area contributed by atoms with Crippen LogP contribution in [0.15, 0.2) is 18.2 Å². The third kappa shape index (κ3) is 3.71. The Balaban J connectivity index is 1.51. The summed E-state index contributed by atoms with van der Waals surface area (Å²) < 4.78 is 16.7. The number of rotatable bonds is 4. The zero-order valence-corrected chi connectivity index (χ0v) is 16.7. The molecule has 152 valence electrons. The van der Waals surface area contributed by atoms with Crippen LogP contribution >= 0.6 is 11.6 Å². The molecule has 4 rings (SSSR count). The number of carbonyl (C=O) groups excluding carboxylic acids is 2. The average Bonchev–Trinajstić information content (AvgIpc) is 3.37. The maximum Gasteiger partial charge on any atom is 0.228 e. The number of ether oxygens (including phenoxy) is 3. The van der Waals surface area contributed by atoms with Gasteiger partial charge in [0.1, 0.15) is 5.75 Å². The highest BCUT2D eigenvalue weighted by Gasteiger charge is 2.43. The summed E-state index contributed by atoms with van der Waals surface area (Å²) in [5.74, 6) is 0.0779. The molecule has 0 spiro atoms. The van der Waals surface area contributed by atoms with Crippen LogP contribution in [0.3, 0.4) is 0 Å². The van der Waals surface area contributed by atoms with Gasteiger partial charge in [0.15, 0.2) is 6.29 Å². The van der Waals surface area contributed by atoms with Gasteiger partial charge in [0.25, 0.3) is 0 Å². The second-order valence-electron chi connectivity index (χ2n) is 7.43. The number of hydrogen-bond acceptors (Lipinski definition) is 5. The number of halogens is 1. The summed E-state index contributed by atoms with van der Waals surface area (Å²) in [7, 11) is 1.55. The summed E-state index contributed by atoms with van der Waals surface area (Å²) in [5, 5.41) is 0.519. The predicted molar refractivity (Wildman–Crippen MR) is 104 cm³/mol. The molecule has 0 aromatic heterocycles. The minimum Gasteiger partial charge on any atom is -0.495 e. The Hall–Kier alpha value is -1.83. The molecule has 0 aliphatic carbocycles. The Morgan fingerprint density at radius 2 is 2.04 bits per heavy atom. The highest BCUT2D eigenvalue weighted by molar-refractivity contribution is 6.31. The van der Waals surface area contributed by atoms with Crippen LogP contribution in [0.1, 0.15) is 25.7 Å². The maximum absolute atomic E-state index is 13.3. The van der Waals surface area contributed by atoms with Gasteiger partial charge in [-0.25, -0.2) is 0 Å². The van der Waals surface area contributed by atoms with Crippen LogP contribution in [-0.2, 0) is 19.1 Å². The number of piperidine rings is 1. The first-order valence-corrected chi connectivity index (χ1v) is 10.1. The summed E-state index contributed by atoms with van der Waals surface area (Å²) in [6.07, 6.45) is 2.70. The Morgan fingerprint density at radius 3 is 2.79 bits per heavy atom. The van der Waals surface area contributed by atoms with Gasteiger partial charge in [-0.3, -0.25) is 9.59 Å². The van der Waals surface area contributed by atoms with Crippen LogP contribution in [0.5, 0.6) is 5.75 Å². The van der Waals surface area contributed by atoms with Gasteiger partial charge in [0, 0.05) is 24.5 Å². The van der Waals surface area contributed by atoms with E-state index in [0.29, 0.717) is 42.8 Å². The van der Waals surface area contributed by atoms with E-state index >= 15 is 0 Å². The van der Waals surface area contributed by atoms with Crippen LogP contribution in [0.2, 0.25) is 5.02 Å². The van der Waals surface area contributed by atoms with Crippen LogP contribution in [0.4, 0.5) is 5.69 Å². The molecule has 2 amide bonds. The maximum atomic E-state index is 13.3. The Bertz CT molecular complexity index is 752. The number of likely N-dealkylation sites (tertiary alicyclic amines) is 1. The van der Waals surface area contributed by atoms with Crippen molar-refractivity contribution in [3.63, 3.8) is 0 Å². The molecule has 1 aromatic carbocycles. The lowest BCUT2D eigenvalue weighted by atomic mass is 9.98. The third-order valence-corrected chi connectivity index (χ3v) is 5.94. The minimum absolute atomic E-state index is 0.000597. The van der Waals surface area contributed by atoms with Crippen molar-refractivity contribution in [1.82, 2.24) is 4.90 Å². The van der Waals surface area contributed by atoms with E-state index in [2.05, 4.69) is 0 Å². The molecule has 7 nitrogen and oxygen atoms in total. The Morgan fingerprint density at radius 1 is 1.25 bits per heavy atom. The van der Waals surface area contributed by atoms with Crippen LogP contribution in [0.25, 0.3) is 0 Å². The molecule has 3 aliphatic rings. The van der Waals surface area contributed by atoms with Crippen molar-refractivity contribution in [3.8, 4) is 5.75 Å². The monoisotopic (exact) mass is 408 g/mol. The fourth-order valence-corrected chi connectivity index (χ4v) is 4.49. The van der Waals surface area contributed by atoms with E-state index in [1.165, 1.54) is 0 Å². The van der Waals surface area contributed by atoms with Crippen molar-refractivity contribution in [2.75, 3.05) is 38.3 Å². The number of anilines is 1. The molecule has 28 heavy (non-hydrogen) atoms. The Labute approximate surface area is 169 Å². The minimum atomic E-state index is -0.391.